The molecule has 0 spiro atoms. The minimum Gasteiger partial charge on any atom is -0.481 e. The summed E-state index contributed by atoms with van der Waals surface area (Å²) < 4.78 is 1.76. The number of carboxylic acids is 1. The van der Waals surface area contributed by atoms with Gasteiger partial charge in [-0.1, -0.05) is 13.8 Å². The Kier molecular flexibility index (Phi) is 2.70. The minimum atomic E-state index is -0.811. The average Bonchev–Trinajstić information content (AvgIpc) is 2.34. The number of hydrogen-bond acceptors (Lipinski definition) is 2. The SMILES string of the molecule is CC(C)C(C(=O)O)c1cn(C)cn1. The lowest BCUT2D eigenvalue weighted by atomic mass is 9.93. The number of carbonyl (C=O) groups is 1. The summed E-state index contributed by atoms with van der Waals surface area (Å²) in [5.74, 6) is -1.25. The highest BCUT2D eigenvalue weighted by Gasteiger charge is 2.25. The average molecular weight is 182 g/mol. The van der Waals surface area contributed by atoms with Gasteiger partial charge in [0.1, 0.15) is 5.92 Å². The Morgan fingerprint density at radius 1 is 1.62 bits per heavy atom. The van der Waals surface area contributed by atoms with Gasteiger partial charge < -0.3 is 9.67 Å². The molecule has 0 bridgehead atoms. The van der Waals surface area contributed by atoms with E-state index in [2.05, 4.69) is 4.98 Å². The van der Waals surface area contributed by atoms with E-state index >= 15 is 0 Å². The molecule has 0 aliphatic rings. The second-order valence-electron chi connectivity index (χ2n) is 3.52. The molecule has 1 aromatic rings. The van der Waals surface area contributed by atoms with Crippen LogP contribution in [-0.2, 0) is 11.8 Å². The van der Waals surface area contributed by atoms with Crippen molar-refractivity contribution in [2.24, 2.45) is 13.0 Å². The van der Waals surface area contributed by atoms with E-state index in [0.29, 0.717) is 5.69 Å². The van der Waals surface area contributed by atoms with Gasteiger partial charge in [-0.2, -0.15) is 0 Å². The summed E-state index contributed by atoms with van der Waals surface area (Å²) in [6, 6.07) is 0. The van der Waals surface area contributed by atoms with Crippen molar-refractivity contribution in [2.45, 2.75) is 19.8 Å². The number of nitrogens with zero attached hydrogens (tertiary/aromatic N) is 2. The molecule has 4 nitrogen and oxygen atoms in total. The fourth-order valence-corrected chi connectivity index (χ4v) is 1.35. The fraction of sp³-hybridized carbons (Fsp3) is 0.556. The molecular formula is C9H14N2O2. The van der Waals surface area contributed by atoms with Gasteiger partial charge in [0, 0.05) is 13.2 Å². The van der Waals surface area contributed by atoms with Crippen LogP contribution in [0.2, 0.25) is 0 Å². The van der Waals surface area contributed by atoms with E-state index in [1.807, 2.05) is 20.9 Å². The number of carboxylic acid groups (broad SMARTS) is 1. The number of aliphatic carboxylic acids is 1. The normalized spacial score (nSPS) is 13.2. The van der Waals surface area contributed by atoms with Crippen molar-refractivity contribution < 1.29 is 9.90 Å². The van der Waals surface area contributed by atoms with Gasteiger partial charge in [0.15, 0.2) is 0 Å². The van der Waals surface area contributed by atoms with Crippen molar-refractivity contribution in [3.8, 4) is 0 Å². The van der Waals surface area contributed by atoms with E-state index in [0.717, 1.165) is 0 Å². The highest BCUT2D eigenvalue weighted by atomic mass is 16.4. The predicted octanol–water partition coefficient (Wildman–Crippen LogP) is 1.24. The lowest BCUT2D eigenvalue weighted by Gasteiger charge is -2.12. The number of rotatable bonds is 3. The van der Waals surface area contributed by atoms with Gasteiger partial charge in [-0.15, -0.1) is 0 Å². The Morgan fingerprint density at radius 2 is 2.23 bits per heavy atom. The summed E-state index contributed by atoms with van der Waals surface area (Å²) in [6.07, 6.45) is 3.37. The van der Waals surface area contributed by atoms with Crippen molar-refractivity contribution in [1.29, 1.82) is 0 Å². The molecule has 0 fully saturated rings. The van der Waals surface area contributed by atoms with Crippen LogP contribution < -0.4 is 0 Å². The molecule has 13 heavy (non-hydrogen) atoms. The predicted molar refractivity (Wildman–Crippen MR) is 48.4 cm³/mol. The van der Waals surface area contributed by atoms with Crippen LogP contribution in [0.5, 0.6) is 0 Å². The summed E-state index contributed by atoms with van der Waals surface area (Å²) in [6.45, 7) is 3.76. The first-order valence-corrected chi connectivity index (χ1v) is 4.23. The highest BCUT2D eigenvalue weighted by molar-refractivity contribution is 5.75. The number of aromatic nitrogens is 2. The van der Waals surface area contributed by atoms with E-state index in [-0.39, 0.29) is 5.92 Å². The van der Waals surface area contributed by atoms with Crippen molar-refractivity contribution in [3.63, 3.8) is 0 Å². The molecule has 0 aliphatic carbocycles. The van der Waals surface area contributed by atoms with Crippen LogP contribution >= 0.6 is 0 Å². The summed E-state index contributed by atoms with van der Waals surface area (Å²) >= 11 is 0. The molecule has 0 saturated heterocycles. The summed E-state index contributed by atoms with van der Waals surface area (Å²) in [7, 11) is 1.83. The maximum atomic E-state index is 10.9. The third-order valence-electron chi connectivity index (χ3n) is 1.98. The standard InChI is InChI=1S/C9H14N2O2/c1-6(2)8(9(12)13)7-4-11(3)5-10-7/h4-6,8H,1-3H3,(H,12,13). The van der Waals surface area contributed by atoms with E-state index in [4.69, 9.17) is 5.11 Å². The molecule has 1 aromatic heterocycles. The second kappa shape index (κ2) is 3.60. The van der Waals surface area contributed by atoms with E-state index in [1.165, 1.54) is 0 Å². The largest absolute Gasteiger partial charge is 0.481 e. The van der Waals surface area contributed by atoms with Gasteiger partial charge in [0.05, 0.1) is 12.0 Å². The Bertz CT molecular complexity index is 304. The van der Waals surface area contributed by atoms with Crippen molar-refractivity contribution in [1.82, 2.24) is 9.55 Å². The maximum Gasteiger partial charge on any atom is 0.312 e. The van der Waals surface area contributed by atoms with Gasteiger partial charge in [0.2, 0.25) is 0 Å². The molecule has 1 unspecified atom stereocenters. The molecule has 1 heterocycles. The van der Waals surface area contributed by atoms with Crippen molar-refractivity contribution in [2.75, 3.05) is 0 Å². The Balaban J connectivity index is 2.95. The van der Waals surface area contributed by atoms with Crippen LogP contribution in [0, 0.1) is 5.92 Å². The molecule has 0 radical (unpaired) electrons. The third-order valence-corrected chi connectivity index (χ3v) is 1.98. The molecule has 4 heteroatoms. The van der Waals surface area contributed by atoms with Gasteiger partial charge in [-0.3, -0.25) is 4.79 Å². The zero-order valence-corrected chi connectivity index (χ0v) is 8.06. The van der Waals surface area contributed by atoms with Crippen LogP contribution in [0.3, 0.4) is 0 Å². The smallest absolute Gasteiger partial charge is 0.312 e. The maximum absolute atomic E-state index is 10.9. The molecular weight excluding hydrogens is 168 g/mol. The fourth-order valence-electron chi connectivity index (χ4n) is 1.35. The zero-order chi connectivity index (χ0) is 10.0. The molecule has 0 aliphatic heterocycles. The Labute approximate surface area is 77.2 Å². The first-order valence-electron chi connectivity index (χ1n) is 4.23. The van der Waals surface area contributed by atoms with Crippen LogP contribution in [0.25, 0.3) is 0 Å². The Hall–Kier alpha value is -1.32. The van der Waals surface area contributed by atoms with Crippen molar-refractivity contribution >= 4 is 5.97 Å². The summed E-state index contributed by atoms with van der Waals surface area (Å²) in [5, 5.41) is 8.96. The second-order valence-corrected chi connectivity index (χ2v) is 3.52. The van der Waals surface area contributed by atoms with Crippen LogP contribution in [-0.4, -0.2) is 20.6 Å². The van der Waals surface area contributed by atoms with Crippen LogP contribution in [0.15, 0.2) is 12.5 Å². The van der Waals surface area contributed by atoms with Gasteiger partial charge in [-0.05, 0) is 5.92 Å². The highest BCUT2D eigenvalue weighted by Crippen LogP contribution is 2.22. The first-order chi connectivity index (χ1) is 6.02. The molecule has 1 atom stereocenters. The van der Waals surface area contributed by atoms with E-state index in [9.17, 15) is 4.79 Å². The third kappa shape index (κ3) is 2.08. The summed E-state index contributed by atoms with van der Waals surface area (Å²) in [5.41, 5.74) is 0.630. The van der Waals surface area contributed by atoms with E-state index in [1.54, 1.807) is 17.1 Å². The molecule has 72 valence electrons. The minimum absolute atomic E-state index is 0.0624. The van der Waals surface area contributed by atoms with Crippen molar-refractivity contribution in [3.05, 3.63) is 18.2 Å². The monoisotopic (exact) mass is 182 g/mol. The zero-order valence-electron chi connectivity index (χ0n) is 8.06. The summed E-state index contributed by atoms with van der Waals surface area (Å²) in [4.78, 5) is 14.9. The van der Waals surface area contributed by atoms with Crippen LogP contribution in [0.4, 0.5) is 0 Å². The molecule has 1 rings (SSSR count). The lowest BCUT2D eigenvalue weighted by Crippen LogP contribution is -2.17. The number of hydrogen-bond donors (Lipinski definition) is 1. The van der Waals surface area contributed by atoms with Crippen LogP contribution in [0.1, 0.15) is 25.5 Å². The molecule has 0 saturated carbocycles. The van der Waals surface area contributed by atoms with Gasteiger partial charge >= 0.3 is 5.97 Å². The van der Waals surface area contributed by atoms with E-state index < -0.39 is 11.9 Å². The number of aryl methyl sites for hydroxylation is 1. The van der Waals surface area contributed by atoms with Gasteiger partial charge in [-0.25, -0.2) is 4.98 Å². The molecule has 0 aromatic carbocycles. The number of imidazole rings is 1. The lowest BCUT2D eigenvalue weighted by molar-refractivity contribution is -0.139. The Morgan fingerprint density at radius 3 is 2.54 bits per heavy atom. The molecule has 1 N–H and O–H groups in total. The quantitative estimate of drug-likeness (QED) is 0.765. The first kappa shape index (κ1) is 9.77. The topological polar surface area (TPSA) is 55.1 Å². The van der Waals surface area contributed by atoms with Gasteiger partial charge in [0.25, 0.3) is 0 Å². The molecule has 0 amide bonds.